The van der Waals surface area contributed by atoms with Crippen LogP contribution < -0.4 is 11.5 Å². The average molecular weight is 185 g/mol. The zero-order valence-corrected chi connectivity index (χ0v) is 7.33. The predicted octanol–water partition coefficient (Wildman–Crippen LogP) is 0.835. The molecule has 0 aromatic carbocycles. The van der Waals surface area contributed by atoms with Gasteiger partial charge in [0.1, 0.15) is 0 Å². The minimum atomic E-state index is 0. The monoisotopic (exact) mass is 184 g/mol. The Labute approximate surface area is 73.9 Å². The largest absolute Gasteiger partial charge is 0.326 e. The summed E-state index contributed by atoms with van der Waals surface area (Å²) in [6.45, 7) is 0. The summed E-state index contributed by atoms with van der Waals surface area (Å²) in [5, 5.41) is 0. The van der Waals surface area contributed by atoms with Crippen molar-refractivity contribution in [3.05, 3.63) is 12.2 Å². The summed E-state index contributed by atoms with van der Waals surface area (Å²) in [5.41, 5.74) is 11.2. The molecule has 0 aromatic heterocycles. The van der Waals surface area contributed by atoms with Gasteiger partial charge in [0.15, 0.2) is 0 Å². The van der Waals surface area contributed by atoms with E-state index in [4.69, 9.17) is 11.5 Å². The zero-order valence-electron chi connectivity index (χ0n) is 5.69. The SMILES string of the molecule is Cl.Cl.NC1CC=CCC1N. The van der Waals surface area contributed by atoms with Crippen LogP contribution in [-0.2, 0) is 0 Å². The molecule has 2 atom stereocenters. The molecular formula is C6H14Cl2N2. The fourth-order valence-corrected chi connectivity index (χ4v) is 0.856. The Hall–Kier alpha value is 0.240. The van der Waals surface area contributed by atoms with E-state index in [2.05, 4.69) is 12.2 Å². The Bertz CT molecular complexity index is 93.9. The van der Waals surface area contributed by atoms with Gasteiger partial charge in [-0.25, -0.2) is 0 Å². The zero-order chi connectivity index (χ0) is 5.98. The molecular weight excluding hydrogens is 171 g/mol. The van der Waals surface area contributed by atoms with Crippen LogP contribution in [0, 0.1) is 0 Å². The minimum Gasteiger partial charge on any atom is -0.326 e. The van der Waals surface area contributed by atoms with E-state index in [0.29, 0.717) is 0 Å². The molecule has 1 aliphatic carbocycles. The van der Waals surface area contributed by atoms with Gasteiger partial charge in [0.2, 0.25) is 0 Å². The van der Waals surface area contributed by atoms with Gasteiger partial charge in [0.25, 0.3) is 0 Å². The maximum absolute atomic E-state index is 5.60. The van der Waals surface area contributed by atoms with Crippen molar-refractivity contribution in [3.8, 4) is 0 Å². The van der Waals surface area contributed by atoms with Crippen LogP contribution in [0.4, 0.5) is 0 Å². The molecule has 62 valence electrons. The Morgan fingerprint density at radius 2 is 1.20 bits per heavy atom. The van der Waals surface area contributed by atoms with Gasteiger partial charge in [-0.2, -0.15) is 0 Å². The summed E-state index contributed by atoms with van der Waals surface area (Å²) < 4.78 is 0. The summed E-state index contributed by atoms with van der Waals surface area (Å²) in [7, 11) is 0. The number of halogens is 2. The highest BCUT2D eigenvalue weighted by molar-refractivity contribution is 5.85. The summed E-state index contributed by atoms with van der Waals surface area (Å²) >= 11 is 0. The maximum Gasteiger partial charge on any atom is 0.0230 e. The normalized spacial score (nSPS) is 30.2. The lowest BCUT2D eigenvalue weighted by Crippen LogP contribution is -2.41. The molecule has 0 saturated carbocycles. The highest BCUT2D eigenvalue weighted by Crippen LogP contribution is 2.06. The Morgan fingerprint density at radius 1 is 0.900 bits per heavy atom. The van der Waals surface area contributed by atoms with Crippen LogP contribution in [0.1, 0.15) is 12.8 Å². The second kappa shape index (κ2) is 5.98. The second-order valence-corrected chi connectivity index (χ2v) is 2.27. The standard InChI is InChI=1S/C6H12N2.2ClH/c7-5-3-1-2-4-6(5)8;;/h1-2,5-6H,3-4,7-8H2;2*1H. The quantitative estimate of drug-likeness (QED) is 0.549. The molecule has 2 unspecified atom stereocenters. The Kier molecular flexibility index (Phi) is 7.70. The van der Waals surface area contributed by atoms with E-state index in [9.17, 15) is 0 Å². The second-order valence-electron chi connectivity index (χ2n) is 2.27. The topological polar surface area (TPSA) is 52.0 Å². The van der Waals surface area contributed by atoms with Crippen LogP contribution in [0.25, 0.3) is 0 Å². The first-order valence-corrected chi connectivity index (χ1v) is 2.97. The molecule has 0 bridgehead atoms. The van der Waals surface area contributed by atoms with Crippen molar-refractivity contribution in [2.24, 2.45) is 11.5 Å². The molecule has 0 aromatic rings. The first-order chi connectivity index (χ1) is 3.80. The van der Waals surface area contributed by atoms with Gasteiger partial charge in [0, 0.05) is 12.1 Å². The van der Waals surface area contributed by atoms with E-state index in [-0.39, 0.29) is 36.9 Å². The predicted molar refractivity (Wildman–Crippen MR) is 48.8 cm³/mol. The summed E-state index contributed by atoms with van der Waals surface area (Å²) in [6, 6.07) is 0.389. The van der Waals surface area contributed by atoms with E-state index < -0.39 is 0 Å². The first kappa shape index (κ1) is 12.9. The van der Waals surface area contributed by atoms with Crippen LogP contribution in [0.3, 0.4) is 0 Å². The van der Waals surface area contributed by atoms with Gasteiger partial charge in [-0.15, -0.1) is 24.8 Å². The van der Waals surface area contributed by atoms with E-state index in [1.807, 2.05) is 0 Å². The van der Waals surface area contributed by atoms with Gasteiger partial charge in [-0.05, 0) is 12.8 Å². The third-order valence-corrected chi connectivity index (χ3v) is 1.53. The van der Waals surface area contributed by atoms with Crippen LogP contribution in [-0.4, -0.2) is 12.1 Å². The Morgan fingerprint density at radius 3 is 1.40 bits per heavy atom. The number of hydrogen-bond donors (Lipinski definition) is 2. The molecule has 0 heterocycles. The van der Waals surface area contributed by atoms with Gasteiger partial charge in [-0.3, -0.25) is 0 Å². The molecule has 1 rings (SSSR count). The summed E-state index contributed by atoms with van der Waals surface area (Å²) in [6.07, 6.45) is 6.07. The molecule has 0 spiro atoms. The number of rotatable bonds is 0. The lowest BCUT2D eigenvalue weighted by Gasteiger charge is -2.19. The molecule has 10 heavy (non-hydrogen) atoms. The molecule has 4 N–H and O–H groups in total. The number of nitrogens with two attached hydrogens (primary N) is 2. The lowest BCUT2D eigenvalue weighted by molar-refractivity contribution is 0.516. The third kappa shape index (κ3) is 3.42. The van der Waals surface area contributed by atoms with Crippen molar-refractivity contribution in [3.63, 3.8) is 0 Å². The van der Waals surface area contributed by atoms with Crippen LogP contribution in [0.5, 0.6) is 0 Å². The molecule has 1 aliphatic rings. The fraction of sp³-hybridized carbons (Fsp3) is 0.667. The number of hydrogen-bond acceptors (Lipinski definition) is 2. The highest BCUT2D eigenvalue weighted by Gasteiger charge is 2.12. The van der Waals surface area contributed by atoms with Gasteiger partial charge in [0.05, 0.1) is 0 Å². The molecule has 0 fully saturated rings. The van der Waals surface area contributed by atoms with Gasteiger partial charge >= 0.3 is 0 Å². The molecule has 0 amide bonds. The van der Waals surface area contributed by atoms with Crippen LogP contribution in [0.15, 0.2) is 12.2 Å². The van der Waals surface area contributed by atoms with Crippen molar-refractivity contribution in [2.45, 2.75) is 24.9 Å². The summed E-state index contributed by atoms with van der Waals surface area (Å²) in [5.74, 6) is 0. The first-order valence-electron chi connectivity index (χ1n) is 2.97. The fourth-order valence-electron chi connectivity index (χ4n) is 0.856. The van der Waals surface area contributed by atoms with Crippen LogP contribution in [0.2, 0.25) is 0 Å². The Balaban J connectivity index is 0. The minimum absolute atomic E-state index is 0. The van der Waals surface area contributed by atoms with E-state index >= 15 is 0 Å². The van der Waals surface area contributed by atoms with Crippen molar-refractivity contribution in [1.82, 2.24) is 0 Å². The van der Waals surface area contributed by atoms with Crippen LogP contribution >= 0.6 is 24.8 Å². The molecule has 0 aliphatic heterocycles. The average Bonchev–Trinajstić information content (AvgIpc) is 1.77. The van der Waals surface area contributed by atoms with E-state index in [0.717, 1.165) is 12.8 Å². The van der Waals surface area contributed by atoms with Crippen molar-refractivity contribution in [2.75, 3.05) is 0 Å². The van der Waals surface area contributed by atoms with Crippen molar-refractivity contribution < 1.29 is 0 Å². The van der Waals surface area contributed by atoms with Gasteiger partial charge < -0.3 is 11.5 Å². The van der Waals surface area contributed by atoms with E-state index in [1.54, 1.807) is 0 Å². The van der Waals surface area contributed by atoms with Crippen molar-refractivity contribution in [1.29, 1.82) is 0 Å². The van der Waals surface area contributed by atoms with E-state index in [1.165, 1.54) is 0 Å². The summed E-state index contributed by atoms with van der Waals surface area (Å²) in [4.78, 5) is 0. The molecule has 0 radical (unpaired) electrons. The highest BCUT2D eigenvalue weighted by atomic mass is 35.5. The molecule has 2 nitrogen and oxygen atoms in total. The molecule has 4 heteroatoms. The smallest absolute Gasteiger partial charge is 0.0230 e. The van der Waals surface area contributed by atoms with Gasteiger partial charge in [-0.1, -0.05) is 12.2 Å². The lowest BCUT2D eigenvalue weighted by atomic mass is 9.98. The third-order valence-electron chi connectivity index (χ3n) is 1.53. The maximum atomic E-state index is 5.60. The van der Waals surface area contributed by atoms with Crippen molar-refractivity contribution >= 4 is 24.8 Å². The molecule has 0 saturated heterocycles.